The first-order chi connectivity index (χ1) is 9.24. The molecule has 3 rings (SSSR count). The first-order valence-electron chi connectivity index (χ1n) is 5.41. The maximum Gasteiger partial charge on any atom is 0.374 e. The molecule has 0 bridgehead atoms. The summed E-state index contributed by atoms with van der Waals surface area (Å²) < 4.78 is 4.72. The molecule has 7 heteroatoms. The van der Waals surface area contributed by atoms with Gasteiger partial charge in [0.15, 0.2) is 0 Å². The van der Waals surface area contributed by atoms with Crippen LogP contribution in [0.3, 0.4) is 0 Å². The molecule has 0 aliphatic carbocycles. The molecule has 0 aliphatic heterocycles. The standard InChI is InChI=1S/C12H8N4O3/c17-12(18)11-7-10(15-19-11)8-2-1-3-9(6-8)16-13-4-5-14-16/h1-7H,(H,17,18). The minimum absolute atomic E-state index is 0.197. The van der Waals surface area contributed by atoms with Crippen LogP contribution in [0.25, 0.3) is 16.9 Å². The average Bonchev–Trinajstić information content (AvgIpc) is 3.10. The summed E-state index contributed by atoms with van der Waals surface area (Å²) in [5.74, 6) is -1.35. The van der Waals surface area contributed by atoms with Gasteiger partial charge in [-0.3, -0.25) is 0 Å². The molecule has 2 aromatic heterocycles. The third kappa shape index (κ3) is 2.08. The molecule has 1 N–H and O–H groups in total. The number of aromatic carboxylic acids is 1. The van der Waals surface area contributed by atoms with Crippen molar-refractivity contribution in [3.63, 3.8) is 0 Å². The van der Waals surface area contributed by atoms with Gasteiger partial charge in [-0.15, -0.1) is 0 Å². The average molecular weight is 256 g/mol. The Morgan fingerprint density at radius 1 is 1.21 bits per heavy atom. The number of nitrogens with zero attached hydrogens (tertiary/aromatic N) is 4. The monoisotopic (exact) mass is 256 g/mol. The van der Waals surface area contributed by atoms with Gasteiger partial charge in [0.05, 0.1) is 18.1 Å². The summed E-state index contributed by atoms with van der Waals surface area (Å²) in [5, 5.41) is 20.6. The van der Waals surface area contributed by atoms with Gasteiger partial charge in [-0.05, 0) is 12.1 Å². The van der Waals surface area contributed by atoms with E-state index in [1.54, 1.807) is 24.5 Å². The number of hydrogen-bond acceptors (Lipinski definition) is 5. The molecule has 3 aromatic rings. The Balaban J connectivity index is 2.01. The van der Waals surface area contributed by atoms with Gasteiger partial charge >= 0.3 is 5.97 Å². The number of carbonyl (C=O) groups is 1. The van der Waals surface area contributed by atoms with Crippen molar-refractivity contribution in [2.45, 2.75) is 0 Å². The zero-order valence-electron chi connectivity index (χ0n) is 9.59. The SMILES string of the molecule is O=C(O)c1cc(-c2cccc(-n3nccn3)c2)no1. The second-order valence-corrected chi connectivity index (χ2v) is 3.75. The van der Waals surface area contributed by atoms with Crippen LogP contribution in [0.15, 0.2) is 47.2 Å². The molecular formula is C12H8N4O3. The fourth-order valence-corrected chi connectivity index (χ4v) is 1.65. The van der Waals surface area contributed by atoms with Crippen molar-refractivity contribution < 1.29 is 14.4 Å². The smallest absolute Gasteiger partial charge is 0.374 e. The highest BCUT2D eigenvalue weighted by Gasteiger charge is 2.12. The third-order valence-electron chi connectivity index (χ3n) is 2.51. The summed E-state index contributed by atoms with van der Waals surface area (Å²) >= 11 is 0. The molecule has 1 aromatic carbocycles. The van der Waals surface area contributed by atoms with E-state index < -0.39 is 5.97 Å². The lowest BCUT2D eigenvalue weighted by Crippen LogP contribution is -1.98. The maximum absolute atomic E-state index is 10.7. The molecule has 2 heterocycles. The summed E-state index contributed by atoms with van der Waals surface area (Å²) in [4.78, 5) is 12.2. The number of carboxylic acids is 1. The van der Waals surface area contributed by atoms with Crippen molar-refractivity contribution >= 4 is 5.97 Å². The topological polar surface area (TPSA) is 94.0 Å². The highest BCUT2D eigenvalue weighted by atomic mass is 16.5. The zero-order valence-corrected chi connectivity index (χ0v) is 9.59. The molecule has 0 spiro atoms. The molecule has 0 saturated heterocycles. The zero-order chi connectivity index (χ0) is 13.2. The summed E-state index contributed by atoms with van der Waals surface area (Å²) in [6.07, 6.45) is 3.15. The maximum atomic E-state index is 10.7. The lowest BCUT2D eigenvalue weighted by molar-refractivity contribution is 0.0652. The van der Waals surface area contributed by atoms with E-state index in [1.165, 1.54) is 10.9 Å². The van der Waals surface area contributed by atoms with E-state index in [1.807, 2.05) is 12.1 Å². The van der Waals surface area contributed by atoms with Gasteiger partial charge in [-0.2, -0.15) is 15.0 Å². The highest BCUT2D eigenvalue weighted by Crippen LogP contribution is 2.21. The van der Waals surface area contributed by atoms with Gasteiger partial charge in [-0.1, -0.05) is 17.3 Å². The van der Waals surface area contributed by atoms with E-state index in [0.717, 1.165) is 11.3 Å². The summed E-state index contributed by atoms with van der Waals surface area (Å²) in [5.41, 5.74) is 1.93. The Bertz CT molecular complexity index is 718. The number of hydrogen-bond donors (Lipinski definition) is 1. The Hall–Kier alpha value is -2.96. The van der Waals surface area contributed by atoms with E-state index >= 15 is 0 Å². The van der Waals surface area contributed by atoms with Crippen LogP contribution in [0.2, 0.25) is 0 Å². The van der Waals surface area contributed by atoms with E-state index in [4.69, 9.17) is 9.63 Å². The van der Waals surface area contributed by atoms with E-state index in [2.05, 4.69) is 15.4 Å². The van der Waals surface area contributed by atoms with Crippen LogP contribution in [-0.4, -0.2) is 31.2 Å². The summed E-state index contributed by atoms with van der Waals surface area (Å²) in [6.45, 7) is 0. The fraction of sp³-hybridized carbons (Fsp3) is 0. The minimum atomic E-state index is -1.15. The lowest BCUT2D eigenvalue weighted by atomic mass is 10.1. The van der Waals surface area contributed by atoms with Crippen molar-refractivity contribution in [3.8, 4) is 16.9 Å². The number of rotatable bonds is 3. The van der Waals surface area contributed by atoms with Crippen LogP contribution in [0, 0.1) is 0 Å². The normalized spacial score (nSPS) is 10.5. The second-order valence-electron chi connectivity index (χ2n) is 3.75. The summed E-state index contributed by atoms with van der Waals surface area (Å²) in [7, 11) is 0. The van der Waals surface area contributed by atoms with Crippen LogP contribution in [0.4, 0.5) is 0 Å². The number of carboxylic acid groups (broad SMARTS) is 1. The molecule has 19 heavy (non-hydrogen) atoms. The van der Waals surface area contributed by atoms with Crippen molar-refractivity contribution in [1.82, 2.24) is 20.2 Å². The Morgan fingerprint density at radius 2 is 2.00 bits per heavy atom. The molecule has 0 atom stereocenters. The van der Waals surface area contributed by atoms with Gasteiger partial charge in [0, 0.05) is 11.6 Å². The number of benzene rings is 1. The predicted molar refractivity (Wildman–Crippen MR) is 63.8 cm³/mol. The Kier molecular flexibility index (Phi) is 2.57. The van der Waals surface area contributed by atoms with Gasteiger partial charge in [0.2, 0.25) is 5.76 Å². The largest absolute Gasteiger partial charge is 0.475 e. The van der Waals surface area contributed by atoms with E-state index in [0.29, 0.717) is 5.69 Å². The highest BCUT2D eigenvalue weighted by molar-refractivity contribution is 5.85. The molecule has 0 radical (unpaired) electrons. The van der Waals surface area contributed by atoms with E-state index in [9.17, 15) is 4.79 Å². The predicted octanol–water partition coefficient (Wildman–Crippen LogP) is 1.62. The van der Waals surface area contributed by atoms with Gasteiger partial charge in [-0.25, -0.2) is 4.79 Å². The molecular weight excluding hydrogens is 248 g/mol. The van der Waals surface area contributed by atoms with Gasteiger partial charge in [0.1, 0.15) is 5.69 Å². The molecule has 94 valence electrons. The first-order valence-corrected chi connectivity index (χ1v) is 5.41. The Labute approximate surface area is 107 Å². The molecule has 0 amide bonds. The molecule has 0 fully saturated rings. The van der Waals surface area contributed by atoms with Gasteiger partial charge in [0.25, 0.3) is 0 Å². The molecule has 0 aliphatic rings. The minimum Gasteiger partial charge on any atom is -0.475 e. The fourth-order valence-electron chi connectivity index (χ4n) is 1.65. The van der Waals surface area contributed by atoms with E-state index in [-0.39, 0.29) is 5.76 Å². The van der Waals surface area contributed by atoms with Crippen LogP contribution in [0.1, 0.15) is 10.6 Å². The third-order valence-corrected chi connectivity index (χ3v) is 2.51. The van der Waals surface area contributed by atoms with Crippen molar-refractivity contribution in [2.24, 2.45) is 0 Å². The Morgan fingerprint density at radius 3 is 2.68 bits per heavy atom. The van der Waals surface area contributed by atoms with Crippen LogP contribution in [-0.2, 0) is 0 Å². The lowest BCUT2D eigenvalue weighted by Gasteiger charge is -2.01. The number of aromatic nitrogens is 4. The van der Waals surface area contributed by atoms with Crippen molar-refractivity contribution in [2.75, 3.05) is 0 Å². The quantitative estimate of drug-likeness (QED) is 0.765. The van der Waals surface area contributed by atoms with Crippen LogP contribution in [0.5, 0.6) is 0 Å². The van der Waals surface area contributed by atoms with Crippen LogP contribution >= 0.6 is 0 Å². The summed E-state index contributed by atoms with van der Waals surface area (Å²) in [6, 6.07) is 8.61. The second kappa shape index (κ2) is 4.37. The van der Waals surface area contributed by atoms with Crippen molar-refractivity contribution in [3.05, 3.63) is 48.5 Å². The molecule has 0 unspecified atom stereocenters. The van der Waals surface area contributed by atoms with Crippen LogP contribution < -0.4 is 0 Å². The van der Waals surface area contributed by atoms with Crippen molar-refractivity contribution in [1.29, 1.82) is 0 Å². The molecule has 0 saturated carbocycles. The molecule has 7 nitrogen and oxygen atoms in total. The first kappa shape index (κ1) is 11.1. The van der Waals surface area contributed by atoms with Gasteiger partial charge < -0.3 is 9.63 Å².